The number of rotatable bonds is 5. The molecule has 0 spiro atoms. The number of thioether (sulfide) groups is 1. The van der Waals surface area contributed by atoms with Crippen LogP contribution < -0.4 is 5.73 Å². The molecule has 17 heavy (non-hydrogen) atoms. The number of hydrogen-bond acceptors (Lipinski definition) is 4. The van der Waals surface area contributed by atoms with Crippen LogP contribution in [0.3, 0.4) is 0 Å². The normalized spacial score (nSPS) is 10.4. The Hall–Kier alpha value is -1.52. The van der Waals surface area contributed by atoms with Crippen molar-refractivity contribution in [1.29, 1.82) is 0 Å². The molecule has 3 nitrogen and oxygen atoms in total. The summed E-state index contributed by atoms with van der Waals surface area (Å²) in [6.07, 6.45) is 3.38. The summed E-state index contributed by atoms with van der Waals surface area (Å²) >= 11 is 1.58. The number of nitrogens with zero attached hydrogens (tertiary/aromatic N) is 1. The fraction of sp³-hybridized carbons (Fsp3) is 0.154. The Balaban J connectivity index is 1.76. The van der Waals surface area contributed by atoms with Gasteiger partial charge in [0.25, 0.3) is 0 Å². The second kappa shape index (κ2) is 6.27. The molecule has 0 aliphatic rings. The van der Waals surface area contributed by atoms with Gasteiger partial charge >= 0.3 is 0 Å². The predicted molar refractivity (Wildman–Crippen MR) is 70.6 cm³/mol. The average Bonchev–Trinajstić information content (AvgIpc) is 2.38. The lowest BCUT2D eigenvalue weighted by Crippen LogP contribution is -1.94. The summed E-state index contributed by atoms with van der Waals surface area (Å²) in [5, 5.41) is 0. The first kappa shape index (κ1) is 12.0. The van der Waals surface area contributed by atoms with Gasteiger partial charge in [0.15, 0.2) is 0 Å². The van der Waals surface area contributed by atoms with Crippen molar-refractivity contribution in [2.75, 3.05) is 11.7 Å². The fourth-order valence-electron chi connectivity index (χ4n) is 1.36. The van der Waals surface area contributed by atoms with Crippen molar-refractivity contribution in [2.24, 2.45) is 0 Å². The molecule has 0 aliphatic heterocycles. The summed E-state index contributed by atoms with van der Waals surface area (Å²) in [6.45, 7) is 0.624. The second-order valence-electron chi connectivity index (χ2n) is 3.51. The molecule has 1 heterocycles. The van der Waals surface area contributed by atoms with Gasteiger partial charge in [-0.1, -0.05) is 42.1 Å². The first-order valence-electron chi connectivity index (χ1n) is 5.30. The Morgan fingerprint density at radius 2 is 2.00 bits per heavy atom. The van der Waals surface area contributed by atoms with Crippen LogP contribution in [-0.2, 0) is 11.3 Å². The smallest absolute Gasteiger partial charge is 0.0972 e. The summed E-state index contributed by atoms with van der Waals surface area (Å²) in [6, 6.07) is 12.0. The van der Waals surface area contributed by atoms with Gasteiger partial charge in [-0.3, -0.25) is 4.98 Å². The van der Waals surface area contributed by atoms with Crippen LogP contribution in [0.1, 0.15) is 5.56 Å². The number of nitrogen functional groups attached to an aromatic ring is 1. The molecule has 2 N–H and O–H groups in total. The number of hydrogen-bond donors (Lipinski definition) is 1. The molecule has 1 aromatic carbocycles. The van der Waals surface area contributed by atoms with Crippen molar-refractivity contribution in [1.82, 2.24) is 4.98 Å². The van der Waals surface area contributed by atoms with Gasteiger partial charge in [-0.25, -0.2) is 0 Å². The van der Waals surface area contributed by atoms with E-state index < -0.39 is 0 Å². The summed E-state index contributed by atoms with van der Waals surface area (Å²) < 4.78 is 5.57. The summed E-state index contributed by atoms with van der Waals surface area (Å²) in [7, 11) is 0. The molecule has 2 aromatic rings. The van der Waals surface area contributed by atoms with Crippen LogP contribution in [0.5, 0.6) is 0 Å². The fourth-order valence-corrected chi connectivity index (χ4v) is 2.03. The lowest BCUT2D eigenvalue weighted by atomic mass is 10.2. The molecule has 0 fully saturated rings. The number of benzene rings is 1. The first-order chi connectivity index (χ1) is 8.36. The minimum Gasteiger partial charge on any atom is -0.397 e. The lowest BCUT2D eigenvalue weighted by molar-refractivity contribution is 0.169. The van der Waals surface area contributed by atoms with Crippen LogP contribution in [-0.4, -0.2) is 10.9 Å². The molecule has 88 valence electrons. The maximum atomic E-state index is 5.78. The molecular weight excluding hydrogens is 232 g/mol. The zero-order valence-corrected chi connectivity index (χ0v) is 10.2. The average molecular weight is 246 g/mol. The van der Waals surface area contributed by atoms with Gasteiger partial charge in [0.2, 0.25) is 0 Å². The van der Waals surface area contributed by atoms with Crippen molar-refractivity contribution >= 4 is 17.4 Å². The van der Waals surface area contributed by atoms with E-state index in [4.69, 9.17) is 10.5 Å². The standard InChI is InChI=1S/C13H14N2OS/c14-12-8-15-7-6-13(12)17-10-16-9-11-4-2-1-3-5-11/h1-8H,9-10,14H2. The number of aromatic nitrogens is 1. The van der Waals surface area contributed by atoms with Crippen LogP contribution in [0, 0.1) is 0 Å². The molecule has 0 saturated carbocycles. The number of nitrogens with two attached hydrogens (primary N) is 1. The molecule has 0 unspecified atom stereocenters. The molecule has 0 aliphatic carbocycles. The molecule has 0 atom stereocenters. The Morgan fingerprint density at radius 1 is 1.18 bits per heavy atom. The summed E-state index contributed by atoms with van der Waals surface area (Å²) in [5.74, 6) is 0.586. The van der Waals surface area contributed by atoms with E-state index in [0.717, 1.165) is 4.90 Å². The van der Waals surface area contributed by atoms with Crippen molar-refractivity contribution in [3.63, 3.8) is 0 Å². The van der Waals surface area contributed by atoms with E-state index in [-0.39, 0.29) is 0 Å². The van der Waals surface area contributed by atoms with Gasteiger partial charge in [0.05, 0.1) is 24.4 Å². The third kappa shape index (κ3) is 3.76. The van der Waals surface area contributed by atoms with E-state index in [1.54, 1.807) is 24.2 Å². The summed E-state index contributed by atoms with van der Waals surface area (Å²) in [5.41, 5.74) is 7.65. The van der Waals surface area contributed by atoms with Gasteiger partial charge in [0, 0.05) is 11.1 Å². The first-order valence-corrected chi connectivity index (χ1v) is 6.29. The topological polar surface area (TPSA) is 48.1 Å². The van der Waals surface area contributed by atoms with E-state index in [9.17, 15) is 0 Å². The largest absolute Gasteiger partial charge is 0.397 e. The molecule has 0 amide bonds. The highest BCUT2D eigenvalue weighted by Crippen LogP contribution is 2.23. The molecule has 0 saturated heterocycles. The zero-order chi connectivity index (χ0) is 11.9. The monoisotopic (exact) mass is 246 g/mol. The van der Waals surface area contributed by atoms with Crippen LogP contribution in [0.4, 0.5) is 5.69 Å². The highest BCUT2D eigenvalue weighted by Gasteiger charge is 1.99. The minimum absolute atomic E-state index is 0.586. The van der Waals surface area contributed by atoms with Gasteiger partial charge < -0.3 is 10.5 Å². The Kier molecular flexibility index (Phi) is 4.41. The predicted octanol–water partition coefficient (Wildman–Crippen LogP) is 2.93. The molecule has 0 radical (unpaired) electrons. The van der Waals surface area contributed by atoms with Gasteiger partial charge in [-0.05, 0) is 11.6 Å². The Morgan fingerprint density at radius 3 is 2.76 bits per heavy atom. The summed E-state index contributed by atoms with van der Waals surface area (Å²) in [4.78, 5) is 4.95. The molecule has 1 aromatic heterocycles. The van der Waals surface area contributed by atoms with Gasteiger partial charge in [0.1, 0.15) is 0 Å². The van der Waals surface area contributed by atoms with Crippen LogP contribution in [0.2, 0.25) is 0 Å². The second-order valence-corrected chi connectivity index (χ2v) is 4.47. The highest BCUT2D eigenvalue weighted by molar-refractivity contribution is 7.99. The van der Waals surface area contributed by atoms with Gasteiger partial charge in [-0.2, -0.15) is 0 Å². The van der Waals surface area contributed by atoms with Crippen molar-refractivity contribution in [3.8, 4) is 0 Å². The van der Waals surface area contributed by atoms with E-state index in [1.807, 2.05) is 36.4 Å². The van der Waals surface area contributed by atoms with Crippen molar-refractivity contribution in [3.05, 3.63) is 54.4 Å². The van der Waals surface area contributed by atoms with E-state index in [0.29, 0.717) is 18.2 Å². The zero-order valence-electron chi connectivity index (χ0n) is 9.37. The number of pyridine rings is 1. The highest BCUT2D eigenvalue weighted by atomic mass is 32.2. The third-order valence-electron chi connectivity index (χ3n) is 2.22. The van der Waals surface area contributed by atoms with Gasteiger partial charge in [-0.15, -0.1) is 0 Å². The van der Waals surface area contributed by atoms with Crippen LogP contribution in [0.15, 0.2) is 53.7 Å². The SMILES string of the molecule is Nc1cnccc1SCOCc1ccccc1. The van der Waals surface area contributed by atoms with Crippen molar-refractivity contribution in [2.45, 2.75) is 11.5 Å². The van der Waals surface area contributed by atoms with E-state index in [1.165, 1.54) is 5.56 Å². The lowest BCUT2D eigenvalue weighted by Gasteiger charge is -2.05. The van der Waals surface area contributed by atoms with Crippen molar-refractivity contribution < 1.29 is 4.74 Å². The molecular formula is C13H14N2OS. The number of ether oxygens (including phenoxy) is 1. The minimum atomic E-state index is 0.586. The quantitative estimate of drug-likeness (QED) is 0.500. The molecule has 0 bridgehead atoms. The number of anilines is 1. The van der Waals surface area contributed by atoms with E-state index >= 15 is 0 Å². The van der Waals surface area contributed by atoms with Crippen LogP contribution in [0.25, 0.3) is 0 Å². The third-order valence-corrected chi connectivity index (χ3v) is 3.19. The molecule has 4 heteroatoms. The Bertz CT molecular complexity index is 462. The molecule has 2 rings (SSSR count). The maximum Gasteiger partial charge on any atom is 0.0972 e. The van der Waals surface area contributed by atoms with E-state index in [2.05, 4.69) is 4.98 Å². The maximum absolute atomic E-state index is 5.78. The van der Waals surface area contributed by atoms with Crippen LogP contribution >= 0.6 is 11.8 Å². The Labute approximate surface area is 105 Å².